The monoisotopic (exact) mass is 1090 g/mol. The van der Waals surface area contributed by atoms with Gasteiger partial charge in [-0.25, -0.2) is 0 Å². The molecule has 0 saturated carbocycles. The maximum atomic E-state index is 2.43. The van der Waals surface area contributed by atoms with E-state index in [4.69, 9.17) is 0 Å². The highest BCUT2D eigenvalue weighted by atomic mass is 15.1. The number of fused-ring (bicyclic) bond motifs is 10. The van der Waals surface area contributed by atoms with E-state index in [-0.39, 0.29) is 0 Å². The Labute approximate surface area is 498 Å². The highest BCUT2D eigenvalue weighted by molar-refractivity contribution is 6.14. The van der Waals surface area contributed by atoms with Crippen molar-refractivity contribution in [1.29, 1.82) is 0 Å². The molecule has 0 aliphatic rings. The average molecular weight is 1100 g/mol. The van der Waals surface area contributed by atoms with E-state index in [2.05, 4.69) is 346 Å². The third-order valence-electron chi connectivity index (χ3n) is 17.7. The normalized spacial score (nSPS) is 11.7. The lowest BCUT2D eigenvalue weighted by atomic mass is 9.95. The van der Waals surface area contributed by atoms with Crippen molar-refractivity contribution in [3.05, 3.63) is 328 Å². The fourth-order valence-corrected chi connectivity index (χ4v) is 13.6. The molecule has 0 N–H and O–H groups in total. The molecule has 3 aromatic heterocycles. The summed E-state index contributed by atoms with van der Waals surface area (Å²) in [4.78, 5) is 2.43. The van der Waals surface area contributed by atoms with Crippen molar-refractivity contribution in [1.82, 2.24) is 13.7 Å². The first kappa shape index (κ1) is 49.2. The topological polar surface area (TPSA) is 18.0 Å². The standard InChI is InChI=1S/C82H54N4/c1-4-18-62(19-5-1)84-77-30-16-13-27-71(77)74-52-59(41-49-80(74)84)58-38-45-66(46-39-58)83(79-51-48-67(68-24-10-11-25-69(68)79)61-42-50-81-75(53-61)72-28-14-17-31-78(72)85(81)63-20-6-2-7-21-63)65-43-36-56(37-44-65)55-32-34-57(35-33-55)60-40-47-73-70-26-12-15-29-76(70)86(82(73)54-60)64-22-8-3-9-23-64/h1-54H. The molecule has 402 valence electrons. The predicted molar refractivity (Wildman–Crippen MR) is 363 cm³/mol. The minimum Gasteiger partial charge on any atom is -0.310 e. The number of hydrogen-bond acceptors (Lipinski definition) is 1. The Kier molecular flexibility index (Phi) is 11.5. The van der Waals surface area contributed by atoms with Crippen molar-refractivity contribution < 1.29 is 0 Å². The minimum atomic E-state index is 1.07. The molecule has 0 amide bonds. The lowest BCUT2D eigenvalue weighted by molar-refractivity contribution is 1.18. The maximum Gasteiger partial charge on any atom is 0.0547 e. The number of para-hydroxylation sites is 6. The number of rotatable bonds is 10. The van der Waals surface area contributed by atoms with Gasteiger partial charge in [-0.15, -0.1) is 0 Å². The van der Waals surface area contributed by atoms with Gasteiger partial charge in [0.15, 0.2) is 0 Å². The molecule has 86 heavy (non-hydrogen) atoms. The second-order valence-corrected chi connectivity index (χ2v) is 22.4. The lowest BCUT2D eigenvalue weighted by Crippen LogP contribution is -2.10. The molecule has 0 bridgehead atoms. The molecular weight excluding hydrogens is 1040 g/mol. The van der Waals surface area contributed by atoms with Crippen LogP contribution in [0.1, 0.15) is 0 Å². The van der Waals surface area contributed by atoms with E-state index in [0.717, 1.165) is 45.3 Å². The van der Waals surface area contributed by atoms with Gasteiger partial charge < -0.3 is 18.6 Å². The molecule has 0 aliphatic carbocycles. The highest BCUT2D eigenvalue weighted by Gasteiger charge is 2.21. The van der Waals surface area contributed by atoms with Crippen LogP contribution in [0.3, 0.4) is 0 Å². The Morgan fingerprint density at radius 2 is 0.512 bits per heavy atom. The van der Waals surface area contributed by atoms with Gasteiger partial charge in [-0.3, -0.25) is 0 Å². The van der Waals surface area contributed by atoms with Crippen LogP contribution in [0.5, 0.6) is 0 Å². The minimum absolute atomic E-state index is 1.07. The molecule has 0 unspecified atom stereocenters. The van der Waals surface area contributed by atoms with Crippen LogP contribution in [-0.2, 0) is 0 Å². The van der Waals surface area contributed by atoms with Crippen LogP contribution in [0.4, 0.5) is 17.1 Å². The van der Waals surface area contributed by atoms with E-state index >= 15 is 0 Å². The molecule has 0 spiro atoms. The zero-order valence-corrected chi connectivity index (χ0v) is 47.0. The van der Waals surface area contributed by atoms with Crippen molar-refractivity contribution >= 4 is 93.3 Å². The summed E-state index contributed by atoms with van der Waals surface area (Å²) in [6, 6.07) is 120. The first-order chi connectivity index (χ1) is 42.7. The van der Waals surface area contributed by atoms with Gasteiger partial charge in [-0.05, 0) is 165 Å². The van der Waals surface area contributed by atoms with Gasteiger partial charge in [0, 0.05) is 66.1 Å². The molecule has 17 rings (SSSR count). The van der Waals surface area contributed by atoms with Gasteiger partial charge in [0.25, 0.3) is 0 Å². The Balaban J connectivity index is 0.757. The molecule has 4 heteroatoms. The van der Waals surface area contributed by atoms with Crippen molar-refractivity contribution in [2.45, 2.75) is 0 Å². The van der Waals surface area contributed by atoms with Crippen molar-refractivity contribution in [2.24, 2.45) is 0 Å². The summed E-state index contributed by atoms with van der Waals surface area (Å²) in [6.45, 7) is 0. The lowest BCUT2D eigenvalue weighted by Gasteiger charge is -2.28. The molecule has 17 aromatic rings. The quantitative estimate of drug-likeness (QED) is 0.133. The third-order valence-corrected chi connectivity index (χ3v) is 17.7. The molecule has 0 saturated heterocycles. The number of hydrogen-bond donors (Lipinski definition) is 0. The molecule has 0 fully saturated rings. The molecular formula is C82H54N4. The van der Waals surface area contributed by atoms with Gasteiger partial charge in [-0.2, -0.15) is 0 Å². The van der Waals surface area contributed by atoms with Crippen molar-refractivity contribution in [3.8, 4) is 61.6 Å². The number of benzene rings is 14. The van der Waals surface area contributed by atoms with Gasteiger partial charge >= 0.3 is 0 Å². The summed E-state index contributed by atoms with van der Waals surface area (Å²) in [6.07, 6.45) is 0. The van der Waals surface area contributed by atoms with Crippen LogP contribution in [-0.4, -0.2) is 13.7 Å². The number of anilines is 3. The van der Waals surface area contributed by atoms with Crippen LogP contribution in [0.25, 0.3) is 138 Å². The highest BCUT2D eigenvalue weighted by Crippen LogP contribution is 2.45. The fourth-order valence-electron chi connectivity index (χ4n) is 13.6. The van der Waals surface area contributed by atoms with E-state index in [1.165, 1.54) is 110 Å². The van der Waals surface area contributed by atoms with Crippen molar-refractivity contribution in [2.75, 3.05) is 4.90 Å². The van der Waals surface area contributed by atoms with Crippen LogP contribution in [0.2, 0.25) is 0 Å². The van der Waals surface area contributed by atoms with E-state index in [1.54, 1.807) is 0 Å². The largest absolute Gasteiger partial charge is 0.310 e. The van der Waals surface area contributed by atoms with E-state index in [9.17, 15) is 0 Å². The molecule has 0 radical (unpaired) electrons. The second kappa shape index (κ2) is 20.2. The smallest absolute Gasteiger partial charge is 0.0547 e. The first-order valence-corrected chi connectivity index (χ1v) is 29.6. The summed E-state index contributed by atoms with van der Waals surface area (Å²) in [5.41, 5.74) is 23.3. The van der Waals surface area contributed by atoms with Gasteiger partial charge in [0.05, 0.1) is 38.8 Å². The zero-order valence-electron chi connectivity index (χ0n) is 47.0. The summed E-state index contributed by atoms with van der Waals surface area (Å²) < 4.78 is 7.15. The summed E-state index contributed by atoms with van der Waals surface area (Å²) >= 11 is 0. The number of aromatic nitrogens is 3. The Morgan fingerprint density at radius 3 is 1.01 bits per heavy atom. The molecule has 3 heterocycles. The Hall–Kier alpha value is -11.5. The molecule has 0 atom stereocenters. The first-order valence-electron chi connectivity index (χ1n) is 29.6. The fraction of sp³-hybridized carbons (Fsp3) is 0. The van der Waals surface area contributed by atoms with E-state index in [1.807, 2.05) is 0 Å². The van der Waals surface area contributed by atoms with Crippen molar-refractivity contribution in [3.63, 3.8) is 0 Å². The molecule has 0 aliphatic heterocycles. The molecule has 4 nitrogen and oxygen atoms in total. The molecule has 14 aromatic carbocycles. The number of nitrogens with zero attached hydrogens (tertiary/aromatic N) is 4. The zero-order chi connectivity index (χ0) is 56.7. The summed E-state index contributed by atoms with van der Waals surface area (Å²) in [7, 11) is 0. The Morgan fingerprint density at radius 1 is 0.186 bits per heavy atom. The summed E-state index contributed by atoms with van der Waals surface area (Å²) in [5.74, 6) is 0. The average Bonchev–Trinajstić information content (AvgIpc) is 1.99. The third kappa shape index (κ3) is 8.07. The van der Waals surface area contributed by atoms with Crippen LogP contribution in [0, 0.1) is 0 Å². The van der Waals surface area contributed by atoms with E-state index in [0.29, 0.717) is 0 Å². The summed E-state index contributed by atoms with van der Waals surface area (Å²) in [5, 5.41) is 9.82. The van der Waals surface area contributed by atoms with Gasteiger partial charge in [0.2, 0.25) is 0 Å². The Bertz CT molecular complexity index is 5420. The SMILES string of the molecule is c1ccc(-n2c3ccccc3c3cc(-c4ccc(N(c5ccc(-c6ccc(-c7ccc8c9ccccc9n(-c9ccccc9)c8c7)cc6)cc5)c5ccc(-c6ccc7c(c6)c6ccccc6n7-c6ccccc6)c6ccccc56)cc4)ccc32)cc1. The van der Waals surface area contributed by atoms with Gasteiger partial charge in [0.1, 0.15) is 0 Å². The van der Waals surface area contributed by atoms with Crippen LogP contribution < -0.4 is 4.90 Å². The maximum absolute atomic E-state index is 2.43. The van der Waals surface area contributed by atoms with Crippen LogP contribution in [0.15, 0.2) is 328 Å². The second-order valence-electron chi connectivity index (χ2n) is 22.4. The van der Waals surface area contributed by atoms with Gasteiger partial charge in [-0.1, -0.05) is 212 Å². The van der Waals surface area contributed by atoms with Crippen LogP contribution >= 0.6 is 0 Å². The predicted octanol–water partition coefficient (Wildman–Crippen LogP) is 22.3. The van der Waals surface area contributed by atoms with E-state index < -0.39 is 0 Å².